The summed E-state index contributed by atoms with van der Waals surface area (Å²) in [5.74, 6) is -0.0450. The number of nitrogens with zero attached hydrogens (tertiary/aromatic N) is 2. The van der Waals surface area contributed by atoms with E-state index < -0.39 is 0 Å². The third kappa shape index (κ3) is 2.69. The van der Waals surface area contributed by atoms with E-state index in [1.807, 2.05) is 32.3 Å². The molecule has 0 aliphatic carbocycles. The molecule has 2 heterocycles. The van der Waals surface area contributed by atoms with E-state index in [9.17, 15) is 4.79 Å². The maximum Gasteiger partial charge on any atom is 0.256 e. The minimum absolute atomic E-state index is 0.0450. The van der Waals surface area contributed by atoms with Crippen LogP contribution in [0.4, 0.5) is 5.69 Å². The van der Waals surface area contributed by atoms with Crippen molar-refractivity contribution in [3.63, 3.8) is 0 Å². The van der Waals surface area contributed by atoms with Gasteiger partial charge >= 0.3 is 0 Å². The number of anilines is 1. The SMILES string of the molecule is CCc1nn(C)cc1NC(=O)c1cccc2c1CCNC2. The number of carbonyl (C=O) groups excluding carboxylic acids is 1. The van der Waals surface area contributed by atoms with Crippen molar-refractivity contribution < 1.29 is 4.79 Å². The van der Waals surface area contributed by atoms with Crippen LogP contribution >= 0.6 is 0 Å². The molecule has 1 amide bonds. The topological polar surface area (TPSA) is 59.0 Å². The first-order valence-electron chi connectivity index (χ1n) is 7.34. The fourth-order valence-electron chi connectivity index (χ4n) is 2.83. The van der Waals surface area contributed by atoms with Gasteiger partial charge in [-0.25, -0.2) is 0 Å². The first-order valence-corrected chi connectivity index (χ1v) is 7.34. The number of fused-ring (bicyclic) bond motifs is 1. The minimum atomic E-state index is -0.0450. The van der Waals surface area contributed by atoms with Crippen molar-refractivity contribution in [1.82, 2.24) is 15.1 Å². The lowest BCUT2D eigenvalue weighted by Crippen LogP contribution is -2.26. The second kappa shape index (κ2) is 5.69. The molecule has 110 valence electrons. The van der Waals surface area contributed by atoms with Crippen LogP contribution in [0.3, 0.4) is 0 Å². The molecule has 2 aromatic rings. The van der Waals surface area contributed by atoms with Crippen molar-refractivity contribution in [2.75, 3.05) is 11.9 Å². The number of carbonyl (C=O) groups is 1. The molecular weight excluding hydrogens is 264 g/mol. The van der Waals surface area contributed by atoms with E-state index in [4.69, 9.17) is 0 Å². The highest BCUT2D eigenvalue weighted by Gasteiger charge is 2.18. The van der Waals surface area contributed by atoms with E-state index in [2.05, 4.69) is 21.8 Å². The minimum Gasteiger partial charge on any atom is -0.319 e. The molecule has 0 bridgehead atoms. The number of aryl methyl sites for hydroxylation is 2. The Morgan fingerprint density at radius 1 is 1.48 bits per heavy atom. The Labute approximate surface area is 124 Å². The first-order chi connectivity index (χ1) is 10.2. The fraction of sp³-hybridized carbons (Fsp3) is 0.375. The molecule has 1 aromatic carbocycles. The maximum atomic E-state index is 12.6. The molecule has 0 fully saturated rings. The van der Waals surface area contributed by atoms with Crippen LogP contribution in [0.5, 0.6) is 0 Å². The third-order valence-corrected chi connectivity index (χ3v) is 3.87. The molecule has 5 nitrogen and oxygen atoms in total. The number of hydrogen-bond acceptors (Lipinski definition) is 3. The number of nitrogens with one attached hydrogen (secondary N) is 2. The van der Waals surface area contributed by atoms with E-state index >= 15 is 0 Å². The Balaban J connectivity index is 1.89. The fourth-order valence-corrected chi connectivity index (χ4v) is 2.83. The molecule has 3 rings (SSSR count). The maximum absolute atomic E-state index is 12.6. The number of rotatable bonds is 3. The number of benzene rings is 1. The second-order valence-corrected chi connectivity index (χ2v) is 5.34. The van der Waals surface area contributed by atoms with Gasteiger partial charge in [-0.3, -0.25) is 9.48 Å². The monoisotopic (exact) mass is 284 g/mol. The van der Waals surface area contributed by atoms with Crippen LogP contribution in [0.1, 0.15) is 34.1 Å². The van der Waals surface area contributed by atoms with Crippen LogP contribution in [-0.4, -0.2) is 22.2 Å². The lowest BCUT2D eigenvalue weighted by Gasteiger charge is -2.19. The number of aromatic nitrogens is 2. The molecule has 0 unspecified atom stereocenters. The standard InChI is InChI=1S/C16H20N4O/c1-3-14-15(10-20(2)19-14)18-16(21)13-6-4-5-11-9-17-8-7-12(11)13/h4-6,10,17H,3,7-9H2,1-2H3,(H,18,21). The smallest absolute Gasteiger partial charge is 0.256 e. The van der Waals surface area contributed by atoms with E-state index in [1.54, 1.807) is 4.68 Å². The highest BCUT2D eigenvalue weighted by Crippen LogP contribution is 2.21. The summed E-state index contributed by atoms with van der Waals surface area (Å²) in [6.07, 6.45) is 3.55. The van der Waals surface area contributed by atoms with Crippen LogP contribution in [0, 0.1) is 0 Å². The van der Waals surface area contributed by atoms with E-state index in [0.717, 1.165) is 48.4 Å². The van der Waals surface area contributed by atoms with Crippen LogP contribution in [0.25, 0.3) is 0 Å². The molecule has 0 saturated carbocycles. The predicted octanol–water partition coefficient (Wildman–Crippen LogP) is 1.88. The van der Waals surface area contributed by atoms with Gasteiger partial charge in [0.05, 0.1) is 11.4 Å². The van der Waals surface area contributed by atoms with Gasteiger partial charge in [-0.1, -0.05) is 19.1 Å². The highest BCUT2D eigenvalue weighted by atomic mass is 16.1. The molecule has 0 atom stereocenters. The quantitative estimate of drug-likeness (QED) is 0.905. The normalized spacial score (nSPS) is 13.8. The number of hydrogen-bond donors (Lipinski definition) is 2. The molecule has 1 aliphatic heterocycles. The Kier molecular flexibility index (Phi) is 3.75. The Morgan fingerprint density at radius 2 is 2.33 bits per heavy atom. The van der Waals surface area contributed by atoms with Crippen molar-refractivity contribution in [2.24, 2.45) is 7.05 Å². The van der Waals surface area contributed by atoms with Gasteiger partial charge in [0, 0.05) is 25.4 Å². The lowest BCUT2D eigenvalue weighted by atomic mass is 9.95. The zero-order valence-corrected chi connectivity index (χ0v) is 12.4. The van der Waals surface area contributed by atoms with Gasteiger partial charge in [0.15, 0.2) is 0 Å². The van der Waals surface area contributed by atoms with Crippen molar-refractivity contribution in [3.05, 3.63) is 46.8 Å². The third-order valence-electron chi connectivity index (χ3n) is 3.87. The summed E-state index contributed by atoms with van der Waals surface area (Å²) < 4.78 is 1.73. The van der Waals surface area contributed by atoms with Crippen LogP contribution in [0.2, 0.25) is 0 Å². The zero-order valence-electron chi connectivity index (χ0n) is 12.4. The average Bonchev–Trinajstić information content (AvgIpc) is 2.86. The van der Waals surface area contributed by atoms with Crippen molar-refractivity contribution in [2.45, 2.75) is 26.3 Å². The molecular formula is C16H20N4O. The molecule has 5 heteroatoms. The van der Waals surface area contributed by atoms with Gasteiger partial charge in [-0.05, 0) is 36.6 Å². The van der Waals surface area contributed by atoms with Gasteiger partial charge in [-0.2, -0.15) is 5.10 Å². The Hall–Kier alpha value is -2.14. The van der Waals surface area contributed by atoms with Gasteiger partial charge < -0.3 is 10.6 Å². The summed E-state index contributed by atoms with van der Waals surface area (Å²) in [4.78, 5) is 12.6. The van der Waals surface area contributed by atoms with Gasteiger partial charge in [-0.15, -0.1) is 0 Å². The molecule has 1 aliphatic rings. The van der Waals surface area contributed by atoms with E-state index in [1.165, 1.54) is 5.56 Å². The summed E-state index contributed by atoms with van der Waals surface area (Å²) >= 11 is 0. The predicted molar refractivity (Wildman–Crippen MR) is 82.4 cm³/mol. The first kappa shape index (κ1) is 13.8. The van der Waals surface area contributed by atoms with Gasteiger partial charge in [0.25, 0.3) is 5.91 Å². The molecule has 0 radical (unpaired) electrons. The van der Waals surface area contributed by atoms with Crippen molar-refractivity contribution in [3.8, 4) is 0 Å². The van der Waals surface area contributed by atoms with Crippen molar-refractivity contribution in [1.29, 1.82) is 0 Å². The average molecular weight is 284 g/mol. The summed E-state index contributed by atoms with van der Waals surface area (Å²) in [5, 5.41) is 10.7. The summed E-state index contributed by atoms with van der Waals surface area (Å²) in [5.41, 5.74) is 4.88. The Morgan fingerprint density at radius 3 is 3.14 bits per heavy atom. The van der Waals surface area contributed by atoms with Gasteiger partial charge in [0.1, 0.15) is 0 Å². The molecule has 0 spiro atoms. The van der Waals surface area contributed by atoms with Crippen LogP contribution in [0.15, 0.2) is 24.4 Å². The van der Waals surface area contributed by atoms with Crippen LogP contribution < -0.4 is 10.6 Å². The number of amides is 1. The van der Waals surface area contributed by atoms with E-state index in [-0.39, 0.29) is 5.91 Å². The summed E-state index contributed by atoms with van der Waals surface area (Å²) in [6, 6.07) is 5.94. The zero-order chi connectivity index (χ0) is 14.8. The van der Waals surface area contributed by atoms with Gasteiger partial charge in [0.2, 0.25) is 0 Å². The molecule has 21 heavy (non-hydrogen) atoms. The Bertz CT molecular complexity index is 675. The largest absolute Gasteiger partial charge is 0.319 e. The second-order valence-electron chi connectivity index (χ2n) is 5.34. The summed E-state index contributed by atoms with van der Waals surface area (Å²) in [7, 11) is 1.87. The van der Waals surface area contributed by atoms with E-state index in [0.29, 0.717) is 0 Å². The summed E-state index contributed by atoms with van der Waals surface area (Å²) in [6.45, 7) is 3.79. The molecule has 1 aromatic heterocycles. The molecule has 0 saturated heterocycles. The van der Waals surface area contributed by atoms with Crippen LogP contribution in [-0.2, 0) is 26.4 Å². The lowest BCUT2D eigenvalue weighted by molar-refractivity contribution is 0.102. The highest BCUT2D eigenvalue weighted by molar-refractivity contribution is 6.05. The molecule has 2 N–H and O–H groups in total. The van der Waals surface area contributed by atoms with Crippen molar-refractivity contribution >= 4 is 11.6 Å².